The van der Waals surface area contributed by atoms with Gasteiger partial charge in [-0.25, -0.2) is 0 Å². The summed E-state index contributed by atoms with van der Waals surface area (Å²) in [7, 11) is 4.08. The monoisotopic (exact) mass is 262 g/mol. The van der Waals surface area contributed by atoms with Crippen LogP contribution in [0.1, 0.15) is 58.1 Å². The molecule has 2 nitrogen and oxygen atoms in total. The predicted octanol–water partition coefficient (Wildman–Crippen LogP) is 4.36. The molecule has 0 aliphatic heterocycles. The van der Waals surface area contributed by atoms with E-state index in [1.54, 1.807) is 0 Å². The fourth-order valence-electron chi connectivity index (χ4n) is 1.73. The van der Waals surface area contributed by atoms with Crippen LogP contribution in [-0.4, -0.2) is 14.1 Å². The number of nitrogens with two attached hydrogens (primary N) is 1. The predicted molar refractivity (Wildman–Crippen MR) is 85.6 cm³/mol. The van der Waals surface area contributed by atoms with Crippen LogP contribution in [0, 0.1) is 5.41 Å². The van der Waals surface area contributed by atoms with E-state index in [4.69, 9.17) is 5.73 Å². The zero-order chi connectivity index (χ0) is 14.5. The highest BCUT2D eigenvalue weighted by atomic mass is 15.1. The van der Waals surface area contributed by atoms with Crippen molar-refractivity contribution in [2.75, 3.05) is 19.0 Å². The Bertz CT molecular complexity index is 352. The van der Waals surface area contributed by atoms with Crippen molar-refractivity contribution >= 4 is 5.69 Å². The van der Waals surface area contributed by atoms with Gasteiger partial charge < -0.3 is 10.6 Å². The first-order valence-electron chi connectivity index (χ1n) is 7.35. The quantitative estimate of drug-likeness (QED) is 0.858. The van der Waals surface area contributed by atoms with Gasteiger partial charge in [0.25, 0.3) is 0 Å². The van der Waals surface area contributed by atoms with Crippen LogP contribution in [0.3, 0.4) is 0 Å². The molecule has 0 spiro atoms. The van der Waals surface area contributed by atoms with Crippen LogP contribution in [0.4, 0.5) is 5.69 Å². The number of nitrogens with zero attached hydrogens (tertiary/aromatic N) is 1. The zero-order valence-electron chi connectivity index (χ0n) is 13.2. The number of hydrogen-bond donors (Lipinski definition) is 1. The van der Waals surface area contributed by atoms with Crippen LogP contribution in [0.2, 0.25) is 0 Å². The average molecular weight is 262 g/mol. The molecule has 0 aromatic heterocycles. The molecule has 1 aliphatic rings. The molecule has 2 N–H and O–H groups in total. The molecular weight excluding hydrogens is 232 g/mol. The Labute approximate surface area is 119 Å². The van der Waals surface area contributed by atoms with Gasteiger partial charge in [0.05, 0.1) is 0 Å². The van der Waals surface area contributed by atoms with Crippen molar-refractivity contribution in [3.63, 3.8) is 0 Å². The average Bonchev–Trinajstić information content (AvgIpc) is 2.24. The Morgan fingerprint density at radius 3 is 1.63 bits per heavy atom. The maximum atomic E-state index is 6.18. The summed E-state index contributed by atoms with van der Waals surface area (Å²) in [6.07, 6.45) is 6.00. The zero-order valence-corrected chi connectivity index (χ0v) is 13.2. The molecule has 0 radical (unpaired) electrons. The molecule has 1 aromatic rings. The summed E-state index contributed by atoms with van der Waals surface area (Å²) < 4.78 is 0. The summed E-state index contributed by atoms with van der Waals surface area (Å²) in [5.74, 6) is 0. The molecule has 2 rings (SSSR count). The normalized spacial score (nSPS) is 15.9. The molecule has 1 aromatic carbocycles. The molecule has 2 heteroatoms. The molecule has 0 amide bonds. The van der Waals surface area contributed by atoms with E-state index in [0.717, 1.165) is 0 Å². The van der Waals surface area contributed by atoms with Crippen molar-refractivity contribution in [2.24, 2.45) is 11.1 Å². The minimum atomic E-state index is 0.0914. The Balaban J connectivity index is 0.000000382. The van der Waals surface area contributed by atoms with Gasteiger partial charge in [-0.2, -0.15) is 0 Å². The van der Waals surface area contributed by atoms with Crippen LogP contribution >= 0.6 is 0 Å². The number of hydrogen-bond acceptors (Lipinski definition) is 2. The van der Waals surface area contributed by atoms with E-state index in [9.17, 15) is 0 Å². The lowest BCUT2D eigenvalue weighted by molar-refractivity contribution is 0.327. The molecule has 1 atom stereocenters. The molecule has 1 unspecified atom stereocenters. The Morgan fingerprint density at radius 2 is 1.37 bits per heavy atom. The van der Waals surface area contributed by atoms with E-state index in [-0.39, 0.29) is 11.5 Å². The van der Waals surface area contributed by atoms with Gasteiger partial charge in [-0.15, -0.1) is 0 Å². The highest BCUT2D eigenvalue weighted by Crippen LogP contribution is 2.30. The number of benzene rings is 1. The van der Waals surface area contributed by atoms with Crippen molar-refractivity contribution in [1.82, 2.24) is 0 Å². The summed E-state index contributed by atoms with van der Waals surface area (Å²) in [4.78, 5) is 2.09. The summed E-state index contributed by atoms with van der Waals surface area (Å²) in [6, 6.07) is 8.55. The van der Waals surface area contributed by atoms with Crippen molar-refractivity contribution in [1.29, 1.82) is 0 Å². The second kappa shape index (κ2) is 6.95. The summed E-state index contributed by atoms with van der Waals surface area (Å²) in [5.41, 5.74) is 8.71. The molecule has 0 bridgehead atoms. The van der Waals surface area contributed by atoms with Crippen molar-refractivity contribution < 1.29 is 0 Å². The van der Waals surface area contributed by atoms with Crippen LogP contribution in [-0.2, 0) is 0 Å². The molecular formula is C17H30N2. The van der Waals surface area contributed by atoms with Gasteiger partial charge in [0, 0.05) is 25.8 Å². The number of rotatable bonds is 2. The van der Waals surface area contributed by atoms with Crippen LogP contribution in [0.15, 0.2) is 24.3 Å². The van der Waals surface area contributed by atoms with Gasteiger partial charge in [0.2, 0.25) is 0 Å². The SMILES string of the molecule is C1CCC1.CN(C)c1ccc(C(N)C(C)(C)C)cc1. The van der Waals surface area contributed by atoms with E-state index < -0.39 is 0 Å². The first-order chi connectivity index (χ1) is 8.82. The van der Waals surface area contributed by atoms with Crippen LogP contribution < -0.4 is 10.6 Å². The van der Waals surface area contributed by atoms with Crippen LogP contribution in [0.25, 0.3) is 0 Å². The molecule has 19 heavy (non-hydrogen) atoms. The number of anilines is 1. The summed E-state index contributed by atoms with van der Waals surface area (Å²) >= 11 is 0. The van der Waals surface area contributed by atoms with E-state index >= 15 is 0 Å². The van der Waals surface area contributed by atoms with Crippen molar-refractivity contribution in [2.45, 2.75) is 52.5 Å². The second-order valence-electron chi connectivity index (χ2n) is 6.74. The van der Waals surface area contributed by atoms with Gasteiger partial charge >= 0.3 is 0 Å². The minimum Gasteiger partial charge on any atom is -0.378 e. The minimum absolute atomic E-state index is 0.0914. The van der Waals surface area contributed by atoms with Crippen molar-refractivity contribution in [3.05, 3.63) is 29.8 Å². The highest BCUT2D eigenvalue weighted by molar-refractivity contribution is 5.46. The Hall–Kier alpha value is -1.02. The first-order valence-corrected chi connectivity index (χ1v) is 7.35. The largest absolute Gasteiger partial charge is 0.378 e. The second-order valence-corrected chi connectivity index (χ2v) is 6.74. The fraction of sp³-hybridized carbons (Fsp3) is 0.647. The van der Waals surface area contributed by atoms with E-state index in [1.807, 2.05) is 14.1 Å². The molecule has 1 aliphatic carbocycles. The van der Waals surface area contributed by atoms with Gasteiger partial charge in [0.1, 0.15) is 0 Å². The molecule has 0 heterocycles. The molecule has 1 saturated carbocycles. The summed E-state index contributed by atoms with van der Waals surface area (Å²) in [6.45, 7) is 6.49. The third-order valence-corrected chi connectivity index (χ3v) is 3.70. The summed E-state index contributed by atoms with van der Waals surface area (Å²) in [5, 5.41) is 0. The molecule has 1 fully saturated rings. The maximum Gasteiger partial charge on any atom is 0.0361 e. The lowest BCUT2D eigenvalue weighted by Crippen LogP contribution is -2.26. The topological polar surface area (TPSA) is 29.3 Å². The van der Waals surface area contributed by atoms with E-state index in [0.29, 0.717) is 0 Å². The Morgan fingerprint density at radius 1 is 0.947 bits per heavy atom. The van der Waals surface area contributed by atoms with Gasteiger partial charge in [-0.05, 0) is 23.1 Å². The smallest absolute Gasteiger partial charge is 0.0361 e. The third kappa shape index (κ3) is 5.23. The van der Waals surface area contributed by atoms with E-state index in [1.165, 1.54) is 36.9 Å². The van der Waals surface area contributed by atoms with Crippen LogP contribution in [0.5, 0.6) is 0 Å². The molecule has 108 valence electrons. The Kier molecular flexibility index (Phi) is 5.86. The van der Waals surface area contributed by atoms with Crippen molar-refractivity contribution in [3.8, 4) is 0 Å². The lowest BCUT2D eigenvalue weighted by Gasteiger charge is -2.27. The maximum absolute atomic E-state index is 6.18. The fourth-order valence-corrected chi connectivity index (χ4v) is 1.73. The standard InChI is InChI=1S/C13H22N2.C4H8/c1-13(2,3)12(14)10-6-8-11(9-7-10)15(4)5;1-2-4-3-1/h6-9,12H,14H2,1-5H3;1-4H2. The first kappa shape index (κ1) is 16.0. The van der Waals surface area contributed by atoms with Gasteiger partial charge in [0.15, 0.2) is 0 Å². The van der Waals surface area contributed by atoms with E-state index in [2.05, 4.69) is 49.9 Å². The molecule has 0 saturated heterocycles. The third-order valence-electron chi connectivity index (χ3n) is 3.70. The highest BCUT2D eigenvalue weighted by Gasteiger charge is 2.21. The lowest BCUT2D eigenvalue weighted by atomic mass is 9.83. The van der Waals surface area contributed by atoms with Gasteiger partial charge in [-0.3, -0.25) is 0 Å². The van der Waals surface area contributed by atoms with Gasteiger partial charge in [-0.1, -0.05) is 58.6 Å².